The zero-order valence-electron chi connectivity index (χ0n) is 10.7. The van der Waals surface area contributed by atoms with Crippen molar-refractivity contribution in [2.75, 3.05) is 13.1 Å². The van der Waals surface area contributed by atoms with Gasteiger partial charge in [0, 0.05) is 19.1 Å². The highest BCUT2D eigenvalue weighted by Gasteiger charge is 2.26. The minimum absolute atomic E-state index is 0.0468. The van der Waals surface area contributed by atoms with Gasteiger partial charge in [0.25, 0.3) is 0 Å². The van der Waals surface area contributed by atoms with Gasteiger partial charge in [-0.1, -0.05) is 26.2 Å². The van der Waals surface area contributed by atoms with E-state index in [2.05, 4.69) is 18.7 Å². The normalized spacial score (nSPS) is 23.9. The van der Waals surface area contributed by atoms with E-state index in [1.54, 1.807) is 0 Å². The predicted molar refractivity (Wildman–Crippen MR) is 67.1 cm³/mol. The number of carbonyl (C=O) groups excluding carboxylic acids is 1. The smallest absolute Gasteiger partial charge is 0.227 e. The number of hydrogen-bond donors (Lipinski definition) is 1. The fourth-order valence-corrected chi connectivity index (χ4v) is 2.53. The van der Waals surface area contributed by atoms with Gasteiger partial charge >= 0.3 is 0 Å². The van der Waals surface area contributed by atoms with Crippen LogP contribution in [0.4, 0.5) is 0 Å². The van der Waals surface area contributed by atoms with Gasteiger partial charge in [0.15, 0.2) is 0 Å². The first-order chi connectivity index (χ1) is 7.70. The van der Waals surface area contributed by atoms with Crippen LogP contribution in [0.3, 0.4) is 0 Å². The number of hydrogen-bond acceptors (Lipinski definition) is 2. The molecule has 0 aromatic carbocycles. The number of nitrogens with zero attached hydrogens (tertiary/aromatic N) is 1. The highest BCUT2D eigenvalue weighted by Crippen LogP contribution is 2.20. The maximum absolute atomic E-state index is 12.3. The average molecular weight is 226 g/mol. The number of rotatable bonds is 4. The third-order valence-electron chi connectivity index (χ3n) is 3.61. The molecule has 2 N–H and O–H groups in total. The van der Waals surface area contributed by atoms with Crippen LogP contribution in [-0.4, -0.2) is 29.9 Å². The van der Waals surface area contributed by atoms with Gasteiger partial charge in [-0.15, -0.1) is 0 Å². The second-order valence-electron chi connectivity index (χ2n) is 4.95. The summed E-state index contributed by atoms with van der Waals surface area (Å²) in [6, 6.07) is 0.404. The van der Waals surface area contributed by atoms with E-state index >= 15 is 0 Å². The van der Waals surface area contributed by atoms with Crippen LogP contribution in [0.1, 0.15) is 52.4 Å². The van der Waals surface area contributed by atoms with Crippen LogP contribution >= 0.6 is 0 Å². The molecule has 0 bridgehead atoms. The summed E-state index contributed by atoms with van der Waals surface area (Å²) in [6.45, 7) is 5.71. The molecule has 2 atom stereocenters. The van der Waals surface area contributed by atoms with E-state index in [1.807, 2.05) is 0 Å². The Hall–Kier alpha value is -0.570. The Morgan fingerprint density at radius 2 is 2.19 bits per heavy atom. The Balaban J connectivity index is 2.61. The van der Waals surface area contributed by atoms with E-state index in [0.29, 0.717) is 18.5 Å². The average Bonchev–Trinajstić information content (AvgIpc) is 2.50. The highest BCUT2D eigenvalue weighted by atomic mass is 16.2. The molecule has 1 fully saturated rings. The summed E-state index contributed by atoms with van der Waals surface area (Å²) < 4.78 is 0. The monoisotopic (exact) mass is 226 g/mol. The third-order valence-corrected chi connectivity index (χ3v) is 3.61. The van der Waals surface area contributed by atoms with Crippen molar-refractivity contribution in [3.63, 3.8) is 0 Å². The van der Waals surface area contributed by atoms with E-state index in [4.69, 9.17) is 5.73 Å². The van der Waals surface area contributed by atoms with Gasteiger partial charge in [0.2, 0.25) is 5.91 Å². The van der Waals surface area contributed by atoms with Crippen LogP contribution in [0.25, 0.3) is 0 Å². The standard InChI is InChI=1S/C13H26N2O/c1-3-7-12(10-14)13(16)15-9-6-4-5-8-11(15)2/h11-12H,3-10,14H2,1-2H3. The minimum atomic E-state index is 0.0468. The largest absolute Gasteiger partial charge is 0.340 e. The quantitative estimate of drug-likeness (QED) is 0.798. The van der Waals surface area contributed by atoms with Crippen LogP contribution in [0.2, 0.25) is 0 Å². The van der Waals surface area contributed by atoms with Crippen molar-refractivity contribution in [1.29, 1.82) is 0 Å². The number of nitrogens with two attached hydrogens (primary N) is 1. The number of carbonyl (C=O) groups is 1. The molecule has 0 radical (unpaired) electrons. The molecule has 1 heterocycles. The van der Waals surface area contributed by atoms with E-state index in [9.17, 15) is 4.79 Å². The topological polar surface area (TPSA) is 46.3 Å². The summed E-state index contributed by atoms with van der Waals surface area (Å²) in [6.07, 6.45) is 6.78. The molecule has 0 aromatic heterocycles. The van der Waals surface area contributed by atoms with Crippen molar-refractivity contribution in [3.05, 3.63) is 0 Å². The summed E-state index contributed by atoms with van der Waals surface area (Å²) in [7, 11) is 0. The van der Waals surface area contributed by atoms with Crippen LogP contribution in [0.5, 0.6) is 0 Å². The lowest BCUT2D eigenvalue weighted by Crippen LogP contribution is -2.43. The molecule has 1 rings (SSSR count). The lowest BCUT2D eigenvalue weighted by Gasteiger charge is -2.30. The molecule has 0 aliphatic carbocycles. The molecule has 16 heavy (non-hydrogen) atoms. The fourth-order valence-electron chi connectivity index (χ4n) is 2.53. The number of amides is 1. The van der Waals surface area contributed by atoms with E-state index < -0.39 is 0 Å². The van der Waals surface area contributed by atoms with Crippen LogP contribution in [0.15, 0.2) is 0 Å². The van der Waals surface area contributed by atoms with Crippen LogP contribution in [-0.2, 0) is 4.79 Å². The van der Waals surface area contributed by atoms with Gasteiger partial charge in [-0.3, -0.25) is 4.79 Å². The molecule has 1 aliphatic heterocycles. The summed E-state index contributed by atoms with van der Waals surface area (Å²) >= 11 is 0. The molecule has 1 aliphatic rings. The summed E-state index contributed by atoms with van der Waals surface area (Å²) in [5.41, 5.74) is 5.70. The molecular weight excluding hydrogens is 200 g/mol. The van der Waals surface area contributed by atoms with Gasteiger partial charge in [-0.05, 0) is 26.2 Å². The molecule has 0 aromatic rings. The van der Waals surface area contributed by atoms with Gasteiger partial charge in [-0.25, -0.2) is 0 Å². The van der Waals surface area contributed by atoms with Gasteiger partial charge in [0.05, 0.1) is 5.92 Å². The van der Waals surface area contributed by atoms with Gasteiger partial charge in [-0.2, -0.15) is 0 Å². The molecule has 0 spiro atoms. The minimum Gasteiger partial charge on any atom is -0.340 e. The second kappa shape index (κ2) is 6.89. The molecule has 1 amide bonds. The first-order valence-corrected chi connectivity index (χ1v) is 6.71. The van der Waals surface area contributed by atoms with E-state index in [1.165, 1.54) is 12.8 Å². The lowest BCUT2D eigenvalue weighted by molar-refractivity contribution is -0.137. The summed E-state index contributed by atoms with van der Waals surface area (Å²) in [5.74, 6) is 0.337. The SMILES string of the molecule is CCCC(CN)C(=O)N1CCCCCC1C. The van der Waals surface area contributed by atoms with Crippen LogP contribution in [0, 0.1) is 5.92 Å². The predicted octanol–water partition coefficient (Wildman–Crippen LogP) is 2.15. The first-order valence-electron chi connectivity index (χ1n) is 6.71. The third kappa shape index (κ3) is 3.48. The Kier molecular flexibility index (Phi) is 5.81. The molecule has 2 unspecified atom stereocenters. The summed E-state index contributed by atoms with van der Waals surface area (Å²) in [5, 5.41) is 0. The van der Waals surface area contributed by atoms with Crippen molar-refractivity contribution < 1.29 is 4.79 Å². The Labute approximate surface area is 99.4 Å². The molecule has 94 valence electrons. The van der Waals surface area contributed by atoms with Crippen molar-refractivity contribution in [2.24, 2.45) is 11.7 Å². The number of likely N-dealkylation sites (tertiary alicyclic amines) is 1. The van der Waals surface area contributed by atoms with E-state index in [-0.39, 0.29) is 5.92 Å². The highest BCUT2D eigenvalue weighted by molar-refractivity contribution is 5.79. The maximum Gasteiger partial charge on any atom is 0.227 e. The molecule has 0 saturated carbocycles. The molecular formula is C13H26N2O. The second-order valence-corrected chi connectivity index (χ2v) is 4.95. The van der Waals surface area contributed by atoms with Crippen molar-refractivity contribution in [1.82, 2.24) is 4.90 Å². The Morgan fingerprint density at radius 1 is 1.44 bits per heavy atom. The zero-order chi connectivity index (χ0) is 12.0. The van der Waals surface area contributed by atoms with Crippen molar-refractivity contribution in [3.8, 4) is 0 Å². The van der Waals surface area contributed by atoms with Crippen LogP contribution < -0.4 is 5.73 Å². The Bertz CT molecular complexity index is 218. The van der Waals surface area contributed by atoms with Crippen molar-refractivity contribution >= 4 is 5.91 Å². The van der Waals surface area contributed by atoms with Gasteiger partial charge < -0.3 is 10.6 Å². The molecule has 1 saturated heterocycles. The Morgan fingerprint density at radius 3 is 2.81 bits per heavy atom. The van der Waals surface area contributed by atoms with Gasteiger partial charge in [0.1, 0.15) is 0 Å². The van der Waals surface area contributed by atoms with E-state index in [0.717, 1.165) is 32.2 Å². The fraction of sp³-hybridized carbons (Fsp3) is 0.923. The molecule has 3 nitrogen and oxygen atoms in total. The maximum atomic E-state index is 12.3. The van der Waals surface area contributed by atoms with Crippen molar-refractivity contribution in [2.45, 2.75) is 58.4 Å². The zero-order valence-corrected chi connectivity index (χ0v) is 10.7. The summed E-state index contributed by atoms with van der Waals surface area (Å²) in [4.78, 5) is 14.4. The molecule has 3 heteroatoms. The first kappa shape index (κ1) is 13.5. The lowest BCUT2D eigenvalue weighted by atomic mass is 10.0.